The Morgan fingerprint density at radius 3 is 3.00 bits per heavy atom. The predicted octanol–water partition coefficient (Wildman–Crippen LogP) is 2.29. The van der Waals surface area contributed by atoms with Gasteiger partial charge >= 0.3 is 0 Å². The van der Waals surface area contributed by atoms with E-state index in [1.807, 2.05) is 29.5 Å². The monoisotopic (exact) mass is 349 g/mol. The van der Waals surface area contributed by atoms with E-state index in [9.17, 15) is 9.18 Å². The zero-order valence-corrected chi connectivity index (χ0v) is 11.6. The lowest BCUT2D eigenvalue weighted by Gasteiger charge is -2.31. The van der Waals surface area contributed by atoms with Gasteiger partial charge < -0.3 is 9.64 Å². The van der Waals surface area contributed by atoms with Gasteiger partial charge in [-0.1, -0.05) is 0 Å². The third-order valence-electron chi connectivity index (χ3n) is 2.69. The Labute approximate surface area is 113 Å². The highest BCUT2D eigenvalue weighted by Gasteiger charge is 2.22. The summed E-state index contributed by atoms with van der Waals surface area (Å²) in [7, 11) is 0. The molecular weight excluding hydrogens is 336 g/mol. The summed E-state index contributed by atoms with van der Waals surface area (Å²) in [5.74, 6) is -0.479. The van der Waals surface area contributed by atoms with Gasteiger partial charge in [-0.05, 0) is 47.7 Å². The summed E-state index contributed by atoms with van der Waals surface area (Å²) in [4.78, 5) is 13.8. The van der Waals surface area contributed by atoms with E-state index in [2.05, 4.69) is 0 Å². The molecule has 17 heavy (non-hydrogen) atoms. The Morgan fingerprint density at radius 1 is 1.59 bits per heavy atom. The second-order valence-electron chi connectivity index (χ2n) is 4.06. The minimum Gasteiger partial charge on any atom is -0.375 e. The highest BCUT2D eigenvalue weighted by Crippen LogP contribution is 2.15. The Hall–Kier alpha value is -0.690. The maximum atomic E-state index is 13.4. The van der Waals surface area contributed by atoms with Crippen molar-refractivity contribution in [1.29, 1.82) is 0 Å². The van der Waals surface area contributed by atoms with E-state index < -0.39 is 0 Å². The van der Waals surface area contributed by atoms with Gasteiger partial charge in [0, 0.05) is 22.2 Å². The normalized spacial score (nSPS) is 20.4. The van der Waals surface area contributed by atoms with Gasteiger partial charge in [0.15, 0.2) is 0 Å². The number of benzene rings is 1. The standard InChI is InChI=1S/C12H13FINO2/c1-8-7-15(4-5-17-8)12(16)9-2-3-11(14)10(13)6-9/h2-3,6,8H,4-5,7H2,1H3/t8-/m0/s1. The Kier molecular flexibility index (Phi) is 3.98. The van der Waals surface area contributed by atoms with E-state index in [-0.39, 0.29) is 17.8 Å². The van der Waals surface area contributed by atoms with Gasteiger partial charge in [0.05, 0.1) is 12.7 Å². The van der Waals surface area contributed by atoms with Crippen molar-refractivity contribution in [1.82, 2.24) is 4.90 Å². The quantitative estimate of drug-likeness (QED) is 0.729. The molecule has 0 radical (unpaired) electrons. The fourth-order valence-corrected chi connectivity index (χ4v) is 2.15. The summed E-state index contributed by atoms with van der Waals surface area (Å²) >= 11 is 1.90. The lowest BCUT2D eigenvalue weighted by molar-refractivity contribution is -0.0124. The molecule has 0 spiro atoms. The van der Waals surface area contributed by atoms with Crippen LogP contribution >= 0.6 is 22.6 Å². The van der Waals surface area contributed by atoms with Gasteiger partial charge in [-0.3, -0.25) is 4.79 Å². The molecule has 2 rings (SSSR count). The maximum absolute atomic E-state index is 13.4. The van der Waals surface area contributed by atoms with Crippen LogP contribution in [0.5, 0.6) is 0 Å². The maximum Gasteiger partial charge on any atom is 0.254 e. The van der Waals surface area contributed by atoms with Crippen LogP contribution in [0.15, 0.2) is 18.2 Å². The van der Waals surface area contributed by atoms with E-state index in [1.54, 1.807) is 17.0 Å². The molecule has 0 saturated carbocycles. The van der Waals surface area contributed by atoms with Crippen LogP contribution in [0.25, 0.3) is 0 Å². The molecule has 0 N–H and O–H groups in total. The molecule has 1 aliphatic heterocycles. The number of carbonyl (C=O) groups excluding carboxylic acids is 1. The van der Waals surface area contributed by atoms with E-state index in [0.717, 1.165) is 0 Å². The highest BCUT2D eigenvalue weighted by atomic mass is 127. The van der Waals surface area contributed by atoms with Crippen molar-refractivity contribution in [2.24, 2.45) is 0 Å². The molecule has 3 nitrogen and oxygen atoms in total. The third kappa shape index (κ3) is 2.95. The van der Waals surface area contributed by atoms with Crippen LogP contribution in [0.4, 0.5) is 4.39 Å². The minimum atomic E-state index is -0.349. The Bertz CT molecular complexity index is 439. The molecule has 1 atom stereocenters. The summed E-state index contributed by atoms with van der Waals surface area (Å²) in [5.41, 5.74) is 0.400. The largest absolute Gasteiger partial charge is 0.375 e. The van der Waals surface area contributed by atoms with Crippen LogP contribution in [-0.4, -0.2) is 36.6 Å². The molecule has 0 unspecified atom stereocenters. The number of nitrogens with zero attached hydrogens (tertiary/aromatic N) is 1. The van der Waals surface area contributed by atoms with Gasteiger partial charge in [-0.25, -0.2) is 4.39 Å². The van der Waals surface area contributed by atoms with E-state index in [4.69, 9.17) is 4.74 Å². The van der Waals surface area contributed by atoms with Crippen molar-refractivity contribution >= 4 is 28.5 Å². The smallest absolute Gasteiger partial charge is 0.254 e. The lowest BCUT2D eigenvalue weighted by Crippen LogP contribution is -2.44. The number of amides is 1. The number of ether oxygens (including phenoxy) is 1. The molecule has 92 valence electrons. The number of rotatable bonds is 1. The van der Waals surface area contributed by atoms with Crippen molar-refractivity contribution in [2.45, 2.75) is 13.0 Å². The molecule has 1 fully saturated rings. The highest BCUT2D eigenvalue weighted by molar-refractivity contribution is 14.1. The van der Waals surface area contributed by atoms with Crippen LogP contribution in [0.3, 0.4) is 0 Å². The van der Waals surface area contributed by atoms with Crippen LogP contribution in [0, 0.1) is 9.39 Å². The molecule has 0 aliphatic carbocycles. The van der Waals surface area contributed by atoms with Gasteiger partial charge in [0.1, 0.15) is 5.82 Å². The molecular formula is C12H13FINO2. The molecule has 0 bridgehead atoms. The predicted molar refractivity (Wildman–Crippen MR) is 70.4 cm³/mol. The van der Waals surface area contributed by atoms with Crippen LogP contribution < -0.4 is 0 Å². The number of carbonyl (C=O) groups is 1. The van der Waals surface area contributed by atoms with Crippen molar-refractivity contribution in [3.63, 3.8) is 0 Å². The first-order chi connectivity index (χ1) is 8.08. The fraction of sp³-hybridized carbons (Fsp3) is 0.417. The molecule has 1 heterocycles. The second-order valence-corrected chi connectivity index (χ2v) is 5.22. The average Bonchev–Trinajstić information content (AvgIpc) is 2.32. The first-order valence-corrected chi connectivity index (χ1v) is 6.51. The first kappa shape index (κ1) is 12.8. The zero-order chi connectivity index (χ0) is 12.4. The van der Waals surface area contributed by atoms with Crippen LogP contribution in [0.1, 0.15) is 17.3 Å². The lowest BCUT2D eigenvalue weighted by atomic mass is 10.1. The van der Waals surface area contributed by atoms with Gasteiger partial charge in [-0.2, -0.15) is 0 Å². The molecule has 1 saturated heterocycles. The summed E-state index contributed by atoms with van der Waals surface area (Å²) in [6.45, 7) is 3.59. The topological polar surface area (TPSA) is 29.5 Å². The number of halogens is 2. The summed E-state index contributed by atoms with van der Waals surface area (Å²) in [6, 6.07) is 4.57. The van der Waals surface area contributed by atoms with Crippen molar-refractivity contribution in [2.75, 3.05) is 19.7 Å². The van der Waals surface area contributed by atoms with Crippen molar-refractivity contribution in [3.8, 4) is 0 Å². The van der Waals surface area contributed by atoms with Gasteiger partial charge in [0.25, 0.3) is 5.91 Å². The molecule has 1 aromatic carbocycles. The second kappa shape index (κ2) is 5.30. The van der Waals surface area contributed by atoms with Crippen molar-refractivity contribution < 1.29 is 13.9 Å². The summed E-state index contributed by atoms with van der Waals surface area (Å²) in [5, 5.41) is 0. The molecule has 0 aromatic heterocycles. The number of hydrogen-bond donors (Lipinski definition) is 0. The Morgan fingerprint density at radius 2 is 2.35 bits per heavy atom. The van der Waals surface area contributed by atoms with Gasteiger partial charge in [-0.15, -0.1) is 0 Å². The fourth-order valence-electron chi connectivity index (χ4n) is 1.81. The van der Waals surface area contributed by atoms with E-state index >= 15 is 0 Å². The minimum absolute atomic E-state index is 0.0430. The molecule has 1 aromatic rings. The van der Waals surface area contributed by atoms with E-state index in [1.165, 1.54) is 6.07 Å². The first-order valence-electron chi connectivity index (χ1n) is 5.44. The summed E-state index contributed by atoms with van der Waals surface area (Å²) in [6.07, 6.45) is 0.0430. The summed E-state index contributed by atoms with van der Waals surface area (Å²) < 4.78 is 19.3. The van der Waals surface area contributed by atoms with Crippen LogP contribution in [0.2, 0.25) is 0 Å². The van der Waals surface area contributed by atoms with Gasteiger partial charge in [0.2, 0.25) is 0 Å². The SMILES string of the molecule is C[C@H]1CN(C(=O)c2ccc(I)c(F)c2)CCO1. The Balaban J connectivity index is 2.15. The van der Waals surface area contributed by atoms with E-state index in [0.29, 0.717) is 28.8 Å². The van der Waals surface area contributed by atoms with Crippen molar-refractivity contribution in [3.05, 3.63) is 33.1 Å². The molecule has 5 heteroatoms. The molecule has 1 amide bonds. The average molecular weight is 349 g/mol. The van der Waals surface area contributed by atoms with Crippen LogP contribution in [-0.2, 0) is 4.74 Å². The zero-order valence-electron chi connectivity index (χ0n) is 9.45. The third-order valence-corrected chi connectivity index (χ3v) is 3.57. The number of morpholine rings is 1. The number of hydrogen-bond acceptors (Lipinski definition) is 2. The molecule has 1 aliphatic rings.